The van der Waals surface area contributed by atoms with Crippen LogP contribution in [0.25, 0.3) is 0 Å². The summed E-state index contributed by atoms with van der Waals surface area (Å²) in [5, 5.41) is 3.00. The maximum absolute atomic E-state index is 13.8. The second-order valence-corrected chi connectivity index (χ2v) is 9.91. The van der Waals surface area contributed by atoms with Crippen molar-refractivity contribution in [2.75, 3.05) is 26.1 Å². The molecule has 1 heterocycles. The van der Waals surface area contributed by atoms with Crippen molar-refractivity contribution < 1.29 is 19.1 Å². The highest BCUT2D eigenvalue weighted by Gasteiger charge is 2.56. The maximum Gasteiger partial charge on any atom is 0.247 e. The molecule has 1 aromatic carbocycles. The van der Waals surface area contributed by atoms with E-state index in [4.69, 9.17) is 9.47 Å². The number of anilines is 1. The molecule has 5 fully saturated rings. The van der Waals surface area contributed by atoms with E-state index in [2.05, 4.69) is 5.32 Å². The molecule has 6 heteroatoms. The van der Waals surface area contributed by atoms with E-state index in [9.17, 15) is 9.59 Å². The number of hydrogen-bond donors (Lipinski definition) is 1. The number of rotatable bonds is 5. The fraction of sp³-hybridized carbons (Fsp3) is 0.667. The third-order valence-electron chi connectivity index (χ3n) is 7.96. The summed E-state index contributed by atoms with van der Waals surface area (Å²) in [4.78, 5) is 28.8. The van der Waals surface area contributed by atoms with Gasteiger partial charge in [0.2, 0.25) is 11.8 Å². The Bertz CT molecular complexity index is 816. The van der Waals surface area contributed by atoms with Crippen LogP contribution in [0.1, 0.15) is 51.4 Å². The normalized spacial score (nSPS) is 34.1. The van der Waals surface area contributed by atoms with Crippen LogP contribution in [0.3, 0.4) is 0 Å². The van der Waals surface area contributed by atoms with E-state index in [1.165, 1.54) is 19.3 Å². The van der Waals surface area contributed by atoms with Crippen LogP contribution in [0.4, 0.5) is 5.69 Å². The van der Waals surface area contributed by atoms with Gasteiger partial charge >= 0.3 is 0 Å². The molecule has 6 rings (SSSR count). The monoisotopic (exact) mass is 412 g/mol. The van der Waals surface area contributed by atoms with E-state index in [0.717, 1.165) is 49.9 Å². The van der Waals surface area contributed by atoms with Gasteiger partial charge in [-0.15, -0.1) is 0 Å². The molecule has 4 saturated carbocycles. The van der Waals surface area contributed by atoms with Crippen molar-refractivity contribution in [3.8, 4) is 11.5 Å². The van der Waals surface area contributed by atoms with Crippen LogP contribution in [0.2, 0.25) is 0 Å². The third-order valence-corrected chi connectivity index (χ3v) is 7.96. The predicted octanol–water partition coefficient (Wildman–Crippen LogP) is 3.85. The Balaban J connectivity index is 1.31. The van der Waals surface area contributed by atoms with Crippen molar-refractivity contribution in [2.24, 2.45) is 23.2 Å². The van der Waals surface area contributed by atoms with E-state index in [1.54, 1.807) is 32.4 Å². The number of benzene rings is 1. The van der Waals surface area contributed by atoms with E-state index in [0.29, 0.717) is 23.7 Å². The zero-order valence-corrected chi connectivity index (χ0v) is 18.0. The van der Waals surface area contributed by atoms with Crippen LogP contribution in [0.15, 0.2) is 18.2 Å². The summed E-state index contributed by atoms with van der Waals surface area (Å²) < 4.78 is 10.6. The highest BCUT2D eigenvalue weighted by molar-refractivity contribution is 5.98. The van der Waals surface area contributed by atoms with Gasteiger partial charge in [-0.1, -0.05) is 0 Å². The van der Waals surface area contributed by atoms with Gasteiger partial charge in [-0.3, -0.25) is 9.59 Å². The number of nitrogens with zero attached hydrogens (tertiary/aromatic N) is 1. The molecule has 4 aliphatic carbocycles. The summed E-state index contributed by atoms with van der Waals surface area (Å²) in [6.45, 7) is 0.699. The van der Waals surface area contributed by atoms with Crippen molar-refractivity contribution in [3.63, 3.8) is 0 Å². The molecule has 4 bridgehead atoms. The Labute approximate surface area is 178 Å². The highest BCUT2D eigenvalue weighted by Crippen LogP contribution is 2.60. The van der Waals surface area contributed by atoms with Gasteiger partial charge in [0, 0.05) is 18.3 Å². The molecule has 5 aliphatic rings. The lowest BCUT2D eigenvalue weighted by Gasteiger charge is -2.56. The van der Waals surface area contributed by atoms with Gasteiger partial charge in [-0.25, -0.2) is 0 Å². The van der Waals surface area contributed by atoms with E-state index >= 15 is 0 Å². The standard InChI is InChI=1S/C24H32N2O4/c1-29-20-6-5-18(11-21(20)30-2)25-22(27)19-4-3-7-26(19)23(28)24-12-15-8-16(13-24)10-17(9-15)14-24/h5-6,11,15-17,19H,3-4,7-10,12-14H2,1-2H3,(H,25,27). The summed E-state index contributed by atoms with van der Waals surface area (Å²) in [6, 6.07) is 4.97. The summed E-state index contributed by atoms with van der Waals surface area (Å²) in [5.74, 6) is 3.52. The minimum atomic E-state index is -0.376. The van der Waals surface area contributed by atoms with Crippen molar-refractivity contribution in [2.45, 2.75) is 57.4 Å². The highest BCUT2D eigenvalue weighted by atomic mass is 16.5. The van der Waals surface area contributed by atoms with Crippen molar-refractivity contribution in [1.29, 1.82) is 0 Å². The third kappa shape index (κ3) is 3.25. The zero-order chi connectivity index (χ0) is 20.9. The largest absolute Gasteiger partial charge is 0.493 e. The SMILES string of the molecule is COc1ccc(NC(=O)C2CCCN2C(=O)C23CC4CC(CC(C4)C2)C3)cc1OC. The molecule has 162 valence electrons. The van der Waals surface area contributed by atoms with E-state index < -0.39 is 0 Å². The number of amides is 2. The molecule has 1 atom stereocenters. The molecule has 0 radical (unpaired) electrons. The van der Waals surface area contributed by atoms with Gasteiger partial charge < -0.3 is 19.7 Å². The smallest absolute Gasteiger partial charge is 0.247 e. The molecule has 1 aromatic rings. The maximum atomic E-state index is 13.8. The number of carbonyl (C=O) groups is 2. The van der Waals surface area contributed by atoms with Gasteiger partial charge in [0.05, 0.1) is 19.6 Å². The summed E-state index contributed by atoms with van der Waals surface area (Å²) in [5.41, 5.74) is 0.466. The molecule has 1 saturated heterocycles. The van der Waals surface area contributed by atoms with Gasteiger partial charge in [-0.2, -0.15) is 0 Å². The Morgan fingerprint density at radius 1 is 1.00 bits per heavy atom. The van der Waals surface area contributed by atoms with Crippen molar-refractivity contribution in [1.82, 2.24) is 4.90 Å². The first kappa shape index (κ1) is 19.7. The fourth-order valence-electron chi connectivity index (χ4n) is 7.10. The number of carbonyl (C=O) groups excluding carboxylic acids is 2. The minimum absolute atomic E-state index is 0.0993. The first-order valence-electron chi connectivity index (χ1n) is 11.4. The second kappa shape index (κ2) is 7.47. The molecule has 6 nitrogen and oxygen atoms in total. The number of ether oxygens (including phenoxy) is 2. The molecule has 0 aromatic heterocycles. The topological polar surface area (TPSA) is 67.9 Å². The van der Waals surface area contributed by atoms with Crippen LogP contribution < -0.4 is 14.8 Å². The number of methoxy groups -OCH3 is 2. The molecule has 30 heavy (non-hydrogen) atoms. The molecule has 1 unspecified atom stereocenters. The second-order valence-electron chi connectivity index (χ2n) is 9.91. The molecule has 1 N–H and O–H groups in total. The minimum Gasteiger partial charge on any atom is -0.493 e. The summed E-state index contributed by atoms with van der Waals surface area (Å²) >= 11 is 0. The van der Waals surface area contributed by atoms with Gasteiger partial charge in [0.1, 0.15) is 6.04 Å². The Hall–Kier alpha value is -2.24. The Morgan fingerprint density at radius 3 is 2.23 bits per heavy atom. The van der Waals surface area contributed by atoms with Crippen LogP contribution in [0.5, 0.6) is 11.5 Å². The fourth-order valence-corrected chi connectivity index (χ4v) is 7.10. The number of likely N-dealkylation sites (tertiary alicyclic amines) is 1. The van der Waals surface area contributed by atoms with Gasteiger partial charge in [-0.05, 0) is 81.3 Å². The molecule has 1 aliphatic heterocycles. The molecule has 0 spiro atoms. The predicted molar refractivity (Wildman–Crippen MR) is 114 cm³/mol. The lowest BCUT2D eigenvalue weighted by atomic mass is 9.49. The molecular formula is C24H32N2O4. The number of nitrogens with one attached hydrogen (secondary N) is 1. The first-order chi connectivity index (χ1) is 14.5. The first-order valence-corrected chi connectivity index (χ1v) is 11.4. The van der Waals surface area contributed by atoms with Gasteiger partial charge in [0.15, 0.2) is 11.5 Å². The van der Waals surface area contributed by atoms with E-state index in [-0.39, 0.29) is 23.3 Å². The van der Waals surface area contributed by atoms with E-state index in [1.807, 2.05) is 4.90 Å². The van der Waals surface area contributed by atoms with Crippen LogP contribution in [-0.2, 0) is 9.59 Å². The van der Waals surface area contributed by atoms with Crippen molar-refractivity contribution in [3.05, 3.63) is 18.2 Å². The Kier molecular flexibility index (Phi) is 4.91. The quantitative estimate of drug-likeness (QED) is 0.798. The Morgan fingerprint density at radius 2 is 1.63 bits per heavy atom. The van der Waals surface area contributed by atoms with Crippen LogP contribution in [0, 0.1) is 23.2 Å². The van der Waals surface area contributed by atoms with Crippen LogP contribution in [-0.4, -0.2) is 43.5 Å². The van der Waals surface area contributed by atoms with Crippen molar-refractivity contribution >= 4 is 17.5 Å². The lowest BCUT2D eigenvalue weighted by Crippen LogP contribution is -2.56. The lowest BCUT2D eigenvalue weighted by molar-refractivity contribution is -0.160. The molecule has 2 amide bonds. The number of hydrogen-bond acceptors (Lipinski definition) is 4. The average Bonchev–Trinajstić information content (AvgIpc) is 3.22. The van der Waals surface area contributed by atoms with Gasteiger partial charge in [0.25, 0.3) is 0 Å². The molecular weight excluding hydrogens is 380 g/mol. The average molecular weight is 413 g/mol. The zero-order valence-electron chi connectivity index (χ0n) is 18.0. The van der Waals surface area contributed by atoms with Crippen LogP contribution >= 0.6 is 0 Å². The summed E-state index contributed by atoms with van der Waals surface area (Å²) in [7, 11) is 3.16. The summed E-state index contributed by atoms with van der Waals surface area (Å²) in [6.07, 6.45) is 8.69.